The van der Waals surface area contributed by atoms with Crippen molar-refractivity contribution in [2.75, 3.05) is 6.54 Å². The van der Waals surface area contributed by atoms with Gasteiger partial charge in [0.2, 0.25) is 10.0 Å². The zero-order valence-corrected chi connectivity index (χ0v) is 14.5. The number of rotatable bonds is 6. The van der Waals surface area contributed by atoms with E-state index < -0.39 is 10.0 Å². The van der Waals surface area contributed by atoms with E-state index in [1.165, 1.54) is 0 Å². The Balaban J connectivity index is 1.97. The molecule has 2 aromatic rings. The first-order chi connectivity index (χ1) is 10.3. The standard InChI is InChI=1S/C15H20ClN3O2S/c1-11-14(12(2)19(3)18-11)8-9-17-22(20,21)10-13-6-4-5-7-15(13)16/h4-7,17H,8-10H2,1-3H3. The summed E-state index contributed by atoms with van der Waals surface area (Å²) in [6, 6.07) is 6.96. The lowest BCUT2D eigenvalue weighted by molar-refractivity contribution is 0.580. The largest absolute Gasteiger partial charge is 0.272 e. The lowest BCUT2D eigenvalue weighted by atomic mass is 10.1. The van der Waals surface area contributed by atoms with Crippen LogP contribution in [0.4, 0.5) is 0 Å². The van der Waals surface area contributed by atoms with Gasteiger partial charge in [0.15, 0.2) is 0 Å². The van der Waals surface area contributed by atoms with Crippen molar-refractivity contribution < 1.29 is 8.42 Å². The van der Waals surface area contributed by atoms with Crippen LogP contribution in [0.15, 0.2) is 24.3 Å². The summed E-state index contributed by atoms with van der Waals surface area (Å²) in [6.07, 6.45) is 0.618. The molecule has 7 heteroatoms. The van der Waals surface area contributed by atoms with Crippen LogP contribution in [0.2, 0.25) is 5.02 Å². The molecule has 0 radical (unpaired) electrons. The highest BCUT2D eigenvalue weighted by Crippen LogP contribution is 2.17. The Morgan fingerprint density at radius 3 is 2.55 bits per heavy atom. The highest BCUT2D eigenvalue weighted by atomic mass is 35.5. The average Bonchev–Trinajstić information content (AvgIpc) is 2.67. The lowest BCUT2D eigenvalue weighted by Crippen LogP contribution is -2.27. The first-order valence-corrected chi connectivity index (χ1v) is 9.03. The van der Waals surface area contributed by atoms with E-state index in [0.29, 0.717) is 23.6 Å². The van der Waals surface area contributed by atoms with Gasteiger partial charge >= 0.3 is 0 Å². The van der Waals surface area contributed by atoms with Gasteiger partial charge in [-0.15, -0.1) is 0 Å². The summed E-state index contributed by atoms with van der Waals surface area (Å²) in [6.45, 7) is 4.26. The van der Waals surface area contributed by atoms with Gasteiger partial charge in [0.05, 0.1) is 11.4 Å². The summed E-state index contributed by atoms with van der Waals surface area (Å²) >= 11 is 6.00. The third-order valence-electron chi connectivity index (χ3n) is 3.66. The highest BCUT2D eigenvalue weighted by Gasteiger charge is 2.15. The fourth-order valence-corrected chi connectivity index (χ4v) is 3.84. The van der Waals surface area contributed by atoms with E-state index in [2.05, 4.69) is 9.82 Å². The normalized spacial score (nSPS) is 11.8. The maximum Gasteiger partial charge on any atom is 0.215 e. The minimum Gasteiger partial charge on any atom is -0.272 e. The summed E-state index contributed by atoms with van der Waals surface area (Å²) in [5.41, 5.74) is 3.68. The van der Waals surface area contributed by atoms with E-state index in [9.17, 15) is 8.42 Å². The molecule has 22 heavy (non-hydrogen) atoms. The van der Waals surface area contributed by atoms with E-state index in [0.717, 1.165) is 17.0 Å². The van der Waals surface area contributed by atoms with Crippen LogP contribution in [0, 0.1) is 13.8 Å². The number of nitrogens with zero attached hydrogens (tertiary/aromatic N) is 2. The number of nitrogens with one attached hydrogen (secondary N) is 1. The molecule has 120 valence electrons. The second-order valence-corrected chi connectivity index (χ2v) is 7.48. The van der Waals surface area contributed by atoms with Crippen LogP contribution in [0.5, 0.6) is 0 Å². The Morgan fingerprint density at radius 1 is 1.27 bits per heavy atom. The first-order valence-electron chi connectivity index (χ1n) is 7.00. The van der Waals surface area contributed by atoms with Gasteiger partial charge in [0.1, 0.15) is 0 Å². The van der Waals surface area contributed by atoms with Crippen molar-refractivity contribution in [3.63, 3.8) is 0 Å². The van der Waals surface area contributed by atoms with E-state index >= 15 is 0 Å². The Morgan fingerprint density at radius 2 is 1.95 bits per heavy atom. The van der Waals surface area contributed by atoms with Gasteiger partial charge in [0, 0.05) is 24.3 Å². The van der Waals surface area contributed by atoms with Gasteiger partial charge in [0.25, 0.3) is 0 Å². The van der Waals surface area contributed by atoms with E-state index in [1.807, 2.05) is 25.6 Å². The molecule has 0 aliphatic heterocycles. The van der Waals surface area contributed by atoms with Crippen LogP contribution < -0.4 is 4.72 Å². The number of benzene rings is 1. The predicted molar refractivity (Wildman–Crippen MR) is 88.5 cm³/mol. The van der Waals surface area contributed by atoms with Crippen molar-refractivity contribution in [2.24, 2.45) is 7.05 Å². The molecule has 2 rings (SSSR count). The molecule has 1 aromatic heterocycles. The molecule has 0 aliphatic carbocycles. The SMILES string of the molecule is Cc1nn(C)c(C)c1CCNS(=O)(=O)Cc1ccccc1Cl. The van der Waals surface area contributed by atoms with Crippen molar-refractivity contribution in [1.82, 2.24) is 14.5 Å². The van der Waals surface area contributed by atoms with Crippen LogP contribution in [0.3, 0.4) is 0 Å². The topological polar surface area (TPSA) is 64.0 Å². The summed E-state index contributed by atoms with van der Waals surface area (Å²) < 4.78 is 28.7. The number of halogens is 1. The van der Waals surface area contributed by atoms with Crippen LogP contribution in [-0.4, -0.2) is 24.7 Å². The van der Waals surface area contributed by atoms with Crippen molar-refractivity contribution in [2.45, 2.75) is 26.0 Å². The van der Waals surface area contributed by atoms with Crippen molar-refractivity contribution in [3.8, 4) is 0 Å². The number of aromatic nitrogens is 2. The molecule has 0 bridgehead atoms. The van der Waals surface area contributed by atoms with Gasteiger partial charge in [-0.05, 0) is 37.5 Å². The Bertz CT molecular complexity index is 769. The van der Waals surface area contributed by atoms with Gasteiger partial charge in [-0.2, -0.15) is 5.10 Å². The zero-order valence-electron chi connectivity index (χ0n) is 12.9. The number of sulfonamides is 1. The summed E-state index contributed by atoms with van der Waals surface area (Å²) in [5.74, 6) is -0.113. The first kappa shape index (κ1) is 17.0. The maximum atomic E-state index is 12.1. The fourth-order valence-electron chi connectivity index (χ4n) is 2.38. The van der Waals surface area contributed by atoms with Gasteiger partial charge < -0.3 is 0 Å². The third kappa shape index (κ3) is 4.09. The smallest absolute Gasteiger partial charge is 0.215 e. The van der Waals surface area contributed by atoms with Crippen molar-refractivity contribution in [1.29, 1.82) is 0 Å². The average molecular weight is 342 g/mol. The monoisotopic (exact) mass is 341 g/mol. The summed E-state index contributed by atoms with van der Waals surface area (Å²) in [4.78, 5) is 0. The quantitative estimate of drug-likeness (QED) is 0.877. The minimum absolute atomic E-state index is 0.113. The van der Waals surface area contributed by atoms with Gasteiger partial charge in [-0.1, -0.05) is 29.8 Å². The molecule has 0 unspecified atom stereocenters. The van der Waals surface area contributed by atoms with Gasteiger partial charge in [-0.25, -0.2) is 13.1 Å². The zero-order chi connectivity index (χ0) is 16.3. The van der Waals surface area contributed by atoms with Crippen molar-refractivity contribution >= 4 is 21.6 Å². The Hall–Kier alpha value is -1.37. The predicted octanol–water partition coefficient (Wildman–Crippen LogP) is 2.35. The number of aryl methyl sites for hydroxylation is 2. The summed E-state index contributed by atoms with van der Waals surface area (Å²) in [7, 11) is -1.53. The molecule has 1 N–H and O–H groups in total. The maximum absolute atomic E-state index is 12.1. The molecule has 0 saturated heterocycles. The lowest BCUT2D eigenvalue weighted by Gasteiger charge is -2.08. The van der Waals surface area contributed by atoms with E-state index in [1.54, 1.807) is 24.3 Å². The molecule has 0 spiro atoms. The molecule has 0 fully saturated rings. The molecular formula is C15H20ClN3O2S. The number of hydrogen-bond donors (Lipinski definition) is 1. The van der Waals surface area contributed by atoms with Crippen LogP contribution in [0.25, 0.3) is 0 Å². The molecule has 1 aromatic carbocycles. The molecule has 5 nitrogen and oxygen atoms in total. The molecular weight excluding hydrogens is 322 g/mol. The molecule has 0 atom stereocenters. The fraction of sp³-hybridized carbons (Fsp3) is 0.400. The molecule has 0 aliphatic rings. The van der Waals surface area contributed by atoms with Gasteiger partial charge in [-0.3, -0.25) is 4.68 Å². The van der Waals surface area contributed by atoms with Crippen LogP contribution >= 0.6 is 11.6 Å². The minimum atomic E-state index is -3.41. The Labute approximate surface area is 136 Å². The number of hydrogen-bond acceptors (Lipinski definition) is 3. The molecule has 1 heterocycles. The van der Waals surface area contributed by atoms with Crippen molar-refractivity contribution in [3.05, 3.63) is 51.8 Å². The van der Waals surface area contributed by atoms with Crippen LogP contribution in [0.1, 0.15) is 22.5 Å². The van der Waals surface area contributed by atoms with E-state index in [4.69, 9.17) is 11.6 Å². The molecule has 0 amide bonds. The van der Waals surface area contributed by atoms with Crippen LogP contribution in [-0.2, 0) is 29.2 Å². The van der Waals surface area contributed by atoms with E-state index in [-0.39, 0.29) is 5.75 Å². The Kier molecular flexibility index (Phi) is 5.26. The third-order valence-corrected chi connectivity index (χ3v) is 5.36. The molecule has 0 saturated carbocycles. The second kappa shape index (κ2) is 6.81. The second-order valence-electron chi connectivity index (χ2n) is 5.27. The summed E-state index contributed by atoms with van der Waals surface area (Å²) in [5, 5.41) is 4.79. The highest BCUT2D eigenvalue weighted by molar-refractivity contribution is 7.88.